The van der Waals surface area contributed by atoms with Crippen molar-refractivity contribution in [3.63, 3.8) is 0 Å². The Kier molecular flexibility index (Phi) is 3.91. The fourth-order valence-electron chi connectivity index (χ4n) is 1.57. The zero-order valence-electron chi connectivity index (χ0n) is 12.2. The molecule has 2 rings (SSSR count). The lowest BCUT2D eigenvalue weighted by atomic mass is 10.2. The molecular weight excluding hydrogens is 320 g/mol. The summed E-state index contributed by atoms with van der Waals surface area (Å²) in [5, 5.41) is 0.221. The molecule has 0 bridgehead atoms. The van der Waals surface area contributed by atoms with Crippen LogP contribution in [-0.2, 0) is 11.0 Å². The van der Waals surface area contributed by atoms with Crippen LogP contribution in [0.5, 0.6) is 0 Å². The summed E-state index contributed by atoms with van der Waals surface area (Å²) in [6.07, 6.45) is 2.00. The van der Waals surface area contributed by atoms with E-state index in [0.29, 0.717) is 6.61 Å². The van der Waals surface area contributed by atoms with Gasteiger partial charge in [-0.25, -0.2) is 4.98 Å². The van der Waals surface area contributed by atoms with Gasteiger partial charge in [0.2, 0.25) is 0 Å². The highest BCUT2D eigenvalue weighted by molar-refractivity contribution is 9.10. The Morgan fingerprint density at radius 2 is 2.00 bits per heavy atom. The van der Waals surface area contributed by atoms with Gasteiger partial charge in [-0.15, -0.1) is 0 Å². The maximum Gasteiger partial charge on any atom is 0.192 e. The average Bonchev–Trinajstić information content (AvgIpc) is 2.63. The third-order valence-electron chi connectivity index (χ3n) is 3.91. The van der Waals surface area contributed by atoms with Crippen molar-refractivity contribution in [2.45, 2.75) is 45.5 Å². The van der Waals surface area contributed by atoms with E-state index in [1.54, 1.807) is 0 Å². The summed E-state index contributed by atoms with van der Waals surface area (Å²) in [6.45, 7) is 11.8. The van der Waals surface area contributed by atoms with E-state index in [-0.39, 0.29) is 5.04 Å². The minimum absolute atomic E-state index is 0.221. The molecule has 0 radical (unpaired) electrons. The summed E-state index contributed by atoms with van der Waals surface area (Å²) in [7, 11) is -1.73. The van der Waals surface area contributed by atoms with Crippen LogP contribution >= 0.6 is 15.9 Å². The fraction of sp³-hybridized carbons (Fsp3) is 0.500. The van der Waals surface area contributed by atoms with Gasteiger partial charge in [-0.2, -0.15) is 0 Å². The van der Waals surface area contributed by atoms with Crippen LogP contribution in [0.3, 0.4) is 0 Å². The van der Waals surface area contributed by atoms with Crippen molar-refractivity contribution in [3.05, 3.63) is 34.7 Å². The largest absolute Gasteiger partial charge is 0.411 e. The molecule has 0 atom stereocenters. The van der Waals surface area contributed by atoms with Gasteiger partial charge >= 0.3 is 0 Å². The molecule has 3 nitrogen and oxygen atoms in total. The van der Waals surface area contributed by atoms with E-state index in [1.165, 1.54) is 0 Å². The van der Waals surface area contributed by atoms with Crippen LogP contribution in [0.2, 0.25) is 18.1 Å². The molecule has 0 fully saturated rings. The normalized spacial score (nSPS) is 13.2. The average molecular weight is 341 g/mol. The van der Waals surface area contributed by atoms with Gasteiger partial charge in [-0.3, -0.25) is 4.40 Å². The lowest BCUT2D eigenvalue weighted by Gasteiger charge is -2.35. The molecule has 0 aliphatic carbocycles. The molecule has 19 heavy (non-hydrogen) atoms. The summed E-state index contributed by atoms with van der Waals surface area (Å²) in [5.41, 5.74) is 1.92. The van der Waals surface area contributed by atoms with Crippen LogP contribution in [0.25, 0.3) is 5.65 Å². The van der Waals surface area contributed by atoms with Crippen molar-refractivity contribution in [2.24, 2.45) is 0 Å². The standard InChI is InChI=1S/C14H21BrN2OSi/c1-14(2,3)19(4,5)18-10-11-13(15)17-9-7-6-8-12(17)16-11/h6-9H,10H2,1-5H3. The smallest absolute Gasteiger partial charge is 0.192 e. The predicted molar refractivity (Wildman–Crippen MR) is 84.9 cm³/mol. The minimum Gasteiger partial charge on any atom is -0.411 e. The van der Waals surface area contributed by atoms with Crippen LogP contribution in [-0.4, -0.2) is 17.7 Å². The first-order valence-corrected chi connectivity index (χ1v) is 10.2. The molecule has 0 aromatic carbocycles. The molecule has 0 amide bonds. The van der Waals surface area contributed by atoms with Gasteiger partial charge in [0.05, 0.1) is 12.3 Å². The minimum atomic E-state index is -1.73. The lowest BCUT2D eigenvalue weighted by molar-refractivity contribution is 0.272. The van der Waals surface area contributed by atoms with Gasteiger partial charge < -0.3 is 4.43 Å². The number of imidazole rings is 1. The molecule has 2 aromatic heterocycles. The number of aromatic nitrogens is 2. The summed E-state index contributed by atoms with van der Waals surface area (Å²) >= 11 is 3.61. The first-order valence-electron chi connectivity index (χ1n) is 6.48. The summed E-state index contributed by atoms with van der Waals surface area (Å²) in [5.74, 6) is 0. The van der Waals surface area contributed by atoms with Crippen molar-refractivity contribution in [2.75, 3.05) is 0 Å². The Bertz CT molecular complexity index is 587. The number of hydrogen-bond donors (Lipinski definition) is 0. The van der Waals surface area contributed by atoms with E-state index in [2.05, 4.69) is 54.8 Å². The van der Waals surface area contributed by atoms with Gasteiger partial charge in [-0.1, -0.05) is 26.8 Å². The topological polar surface area (TPSA) is 26.5 Å². The van der Waals surface area contributed by atoms with Crippen LogP contribution in [0.4, 0.5) is 0 Å². The number of pyridine rings is 1. The van der Waals surface area contributed by atoms with E-state index in [1.807, 2.05) is 28.8 Å². The monoisotopic (exact) mass is 340 g/mol. The van der Waals surface area contributed by atoms with Crippen LogP contribution in [0.1, 0.15) is 26.5 Å². The van der Waals surface area contributed by atoms with E-state index in [4.69, 9.17) is 4.43 Å². The number of halogens is 1. The maximum atomic E-state index is 6.22. The van der Waals surface area contributed by atoms with Gasteiger partial charge in [0.15, 0.2) is 8.32 Å². The number of fused-ring (bicyclic) bond motifs is 1. The quantitative estimate of drug-likeness (QED) is 0.762. The van der Waals surface area contributed by atoms with Crippen LogP contribution < -0.4 is 0 Å². The molecule has 0 aliphatic rings. The Hall–Kier alpha value is -0.653. The second-order valence-corrected chi connectivity index (χ2v) is 11.9. The van der Waals surface area contributed by atoms with Crippen molar-refractivity contribution in [1.82, 2.24) is 9.38 Å². The molecule has 2 aromatic rings. The number of hydrogen-bond acceptors (Lipinski definition) is 2. The second-order valence-electron chi connectivity index (χ2n) is 6.33. The molecule has 0 unspecified atom stereocenters. The second kappa shape index (κ2) is 5.03. The molecule has 0 aliphatic heterocycles. The Morgan fingerprint density at radius 1 is 1.32 bits per heavy atom. The first-order chi connectivity index (χ1) is 8.72. The molecule has 0 N–H and O–H groups in total. The van der Waals surface area contributed by atoms with Gasteiger partial charge in [0, 0.05) is 6.20 Å². The molecule has 104 valence electrons. The molecular formula is C14H21BrN2OSi. The van der Waals surface area contributed by atoms with Crippen LogP contribution in [0, 0.1) is 0 Å². The summed E-state index contributed by atoms with van der Waals surface area (Å²) in [6, 6.07) is 5.99. The number of rotatable bonds is 3. The van der Waals surface area contributed by atoms with Gasteiger partial charge in [-0.05, 0) is 46.2 Å². The highest BCUT2D eigenvalue weighted by Gasteiger charge is 2.37. The van der Waals surface area contributed by atoms with E-state index < -0.39 is 8.32 Å². The van der Waals surface area contributed by atoms with Gasteiger partial charge in [0.25, 0.3) is 0 Å². The summed E-state index contributed by atoms with van der Waals surface area (Å²) in [4.78, 5) is 4.61. The maximum absolute atomic E-state index is 6.22. The molecule has 0 saturated carbocycles. The third-order valence-corrected chi connectivity index (χ3v) is 9.23. The SMILES string of the molecule is CC(C)(C)[Si](C)(C)OCc1nc2ccccn2c1Br. The number of nitrogens with zero attached hydrogens (tertiary/aromatic N) is 2. The van der Waals surface area contributed by atoms with Crippen molar-refractivity contribution in [1.29, 1.82) is 0 Å². The Balaban J connectivity index is 2.21. The van der Waals surface area contributed by atoms with Crippen molar-refractivity contribution >= 4 is 29.9 Å². The summed E-state index contributed by atoms with van der Waals surface area (Å²) < 4.78 is 9.24. The third kappa shape index (κ3) is 2.93. The first kappa shape index (κ1) is 14.7. The van der Waals surface area contributed by atoms with Gasteiger partial charge in [0.1, 0.15) is 10.3 Å². The van der Waals surface area contributed by atoms with E-state index in [0.717, 1.165) is 15.9 Å². The highest BCUT2D eigenvalue weighted by atomic mass is 79.9. The Labute approximate surface area is 124 Å². The zero-order chi connectivity index (χ0) is 14.3. The van der Waals surface area contributed by atoms with Crippen molar-refractivity contribution in [3.8, 4) is 0 Å². The predicted octanol–water partition coefficient (Wildman–Crippen LogP) is 4.62. The molecule has 2 heterocycles. The molecule has 0 saturated heterocycles. The van der Waals surface area contributed by atoms with Crippen LogP contribution in [0.15, 0.2) is 29.0 Å². The van der Waals surface area contributed by atoms with E-state index >= 15 is 0 Å². The lowest BCUT2D eigenvalue weighted by Crippen LogP contribution is -2.40. The zero-order valence-corrected chi connectivity index (χ0v) is 14.8. The van der Waals surface area contributed by atoms with E-state index in [9.17, 15) is 0 Å². The Morgan fingerprint density at radius 3 is 2.58 bits per heavy atom. The molecule has 0 spiro atoms. The highest BCUT2D eigenvalue weighted by Crippen LogP contribution is 2.37. The van der Waals surface area contributed by atoms with Crippen molar-refractivity contribution < 1.29 is 4.43 Å². The fourth-order valence-corrected chi connectivity index (χ4v) is 3.01. The molecule has 5 heteroatoms.